The van der Waals surface area contributed by atoms with Crippen molar-refractivity contribution in [3.05, 3.63) is 70.5 Å². The summed E-state index contributed by atoms with van der Waals surface area (Å²) >= 11 is 0. The van der Waals surface area contributed by atoms with E-state index in [4.69, 9.17) is 5.73 Å². The highest BCUT2D eigenvalue weighted by molar-refractivity contribution is 6.24. The number of primary amides is 1. The van der Waals surface area contributed by atoms with Crippen molar-refractivity contribution < 1.29 is 34.8 Å². The average Bonchev–Trinajstić information content (AvgIpc) is 2.83. The first kappa shape index (κ1) is 24.5. The molecule has 0 saturated heterocycles. The Bertz CT molecular complexity index is 1410. The minimum Gasteiger partial charge on any atom is -0.508 e. The summed E-state index contributed by atoms with van der Waals surface area (Å²) < 4.78 is 0. The number of likely N-dealkylation sites (N-methyl/N-ethyl adjacent to an activating group) is 1. The molecule has 2 unspecified atom stereocenters. The second kappa shape index (κ2) is 8.46. The summed E-state index contributed by atoms with van der Waals surface area (Å²) in [7, 11) is 3.13. The smallest absolute Gasteiger partial charge is 0.255 e. The van der Waals surface area contributed by atoms with Crippen LogP contribution in [0.25, 0.3) is 5.76 Å². The Kier molecular flexibility index (Phi) is 5.61. The van der Waals surface area contributed by atoms with Crippen molar-refractivity contribution in [1.82, 2.24) is 4.90 Å². The Balaban J connectivity index is 1.69. The first-order chi connectivity index (χ1) is 17.5. The number of anilines is 2. The Morgan fingerprint density at radius 3 is 2.38 bits per heavy atom. The standard InChI is InChI=1S/C27H27N3O7/c1-30(2)21-15-11-12-10-14-16(29-13-6-4-3-5-7-13)8-9-17(31)19(14)22(32)18(12)24(34)27(15,37)25(35)20(23(21)33)26(28)36/h3-9,12,15,21,29,31-32,35,37H,10-11H2,1-2H3,(H2,28,36)/t12?,15?,21-,27-/m0/s1. The number of aliphatic hydroxyl groups is 3. The van der Waals surface area contributed by atoms with Crippen LogP contribution in [0.2, 0.25) is 0 Å². The molecule has 0 aromatic heterocycles. The SMILES string of the molecule is CN(C)[C@@H]1C(=O)C(C(N)=O)=C(O)[C@@]2(O)C(=O)C3=C(O)c4c(O)ccc(Nc5ccccc5)c4CC3CC12. The highest BCUT2D eigenvalue weighted by atomic mass is 16.3. The normalized spacial score (nSPS) is 27.1. The van der Waals surface area contributed by atoms with E-state index in [2.05, 4.69) is 5.32 Å². The molecule has 37 heavy (non-hydrogen) atoms. The van der Waals surface area contributed by atoms with Gasteiger partial charge in [-0.15, -0.1) is 0 Å². The molecule has 5 rings (SSSR count). The van der Waals surface area contributed by atoms with Crippen molar-refractivity contribution in [2.24, 2.45) is 17.6 Å². The fraction of sp³-hybridized carbons (Fsp3) is 0.296. The fourth-order valence-electron chi connectivity index (χ4n) is 6.04. The van der Waals surface area contributed by atoms with Crippen LogP contribution in [0.1, 0.15) is 17.5 Å². The summed E-state index contributed by atoms with van der Waals surface area (Å²) in [5.41, 5.74) is 3.66. The predicted octanol–water partition coefficient (Wildman–Crippen LogP) is 1.71. The maximum absolute atomic E-state index is 13.8. The molecule has 3 aliphatic rings. The second-order valence-corrected chi connectivity index (χ2v) is 9.94. The summed E-state index contributed by atoms with van der Waals surface area (Å²) in [5, 5.41) is 47.7. The highest BCUT2D eigenvalue weighted by Gasteiger charge is 2.64. The minimum absolute atomic E-state index is 0.0339. The number of hydrogen-bond acceptors (Lipinski definition) is 9. The van der Waals surface area contributed by atoms with E-state index in [1.165, 1.54) is 11.0 Å². The predicted molar refractivity (Wildman–Crippen MR) is 134 cm³/mol. The Morgan fingerprint density at radius 1 is 1.08 bits per heavy atom. The third-order valence-corrected chi connectivity index (χ3v) is 7.66. The molecule has 0 aliphatic heterocycles. The number of hydrogen-bond donors (Lipinski definition) is 6. The number of aromatic hydroxyl groups is 1. The van der Waals surface area contributed by atoms with Gasteiger partial charge in [-0.1, -0.05) is 18.2 Å². The number of rotatable bonds is 4. The van der Waals surface area contributed by atoms with Crippen molar-refractivity contribution in [3.63, 3.8) is 0 Å². The van der Waals surface area contributed by atoms with Crippen molar-refractivity contribution in [2.45, 2.75) is 24.5 Å². The van der Waals surface area contributed by atoms with E-state index in [0.29, 0.717) is 11.3 Å². The number of para-hydroxylation sites is 1. The molecule has 4 atom stereocenters. The van der Waals surface area contributed by atoms with Gasteiger partial charge in [0.05, 0.1) is 11.6 Å². The lowest BCUT2D eigenvalue weighted by Crippen LogP contribution is -2.65. The number of carbonyl (C=O) groups is 3. The third-order valence-electron chi connectivity index (χ3n) is 7.66. The summed E-state index contributed by atoms with van der Waals surface area (Å²) in [4.78, 5) is 40.5. The van der Waals surface area contributed by atoms with Crippen LogP contribution in [0.5, 0.6) is 5.75 Å². The number of aliphatic hydroxyl groups excluding tert-OH is 2. The average molecular weight is 506 g/mol. The number of amides is 1. The fourth-order valence-corrected chi connectivity index (χ4v) is 6.04. The molecule has 1 amide bonds. The van der Waals surface area contributed by atoms with Crippen molar-refractivity contribution >= 4 is 34.6 Å². The number of fused-ring (bicyclic) bond motifs is 3. The highest BCUT2D eigenvalue weighted by Crippen LogP contribution is 2.53. The zero-order valence-corrected chi connectivity index (χ0v) is 20.2. The number of nitrogens with two attached hydrogens (primary N) is 1. The molecule has 0 radical (unpaired) electrons. The maximum atomic E-state index is 13.8. The van der Waals surface area contributed by atoms with Crippen molar-refractivity contribution in [3.8, 4) is 5.75 Å². The number of phenols is 1. The number of carbonyl (C=O) groups excluding carboxylic acids is 3. The van der Waals surface area contributed by atoms with Gasteiger partial charge in [0.2, 0.25) is 5.78 Å². The van der Waals surface area contributed by atoms with Crippen molar-refractivity contribution in [1.29, 1.82) is 0 Å². The van der Waals surface area contributed by atoms with E-state index < -0.39 is 58.0 Å². The molecule has 1 saturated carbocycles. The van der Waals surface area contributed by atoms with E-state index in [1.54, 1.807) is 20.2 Å². The number of ketones is 2. The zero-order valence-electron chi connectivity index (χ0n) is 20.2. The van der Waals surface area contributed by atoms with Gasteiger partial charge in [0, 0.05) is 22.9 Å². The Morgan fingerprint density at radius 2 is 1.76 bits per heavy atom. The number of nitrogens with one attached hydrogen (secondary N) is 1. The number of benzene rings is 2. The van der Waals surface area contributed by atoms with Crippen molar-refractivity contribution in [2.75, 3.05) is 19.4 Å². The van der Waals surface area contributed by atoms with Crippen LogP contribution >= 0.6 is 0 Å². The molecule has 2 aromatic rings. The van der Waals surface area contributed by atoms with Gasteiger partial charge in [-0.3, -0.25) is 19.3 Å². The molecular formula is C27H27N3O7. The van der Waals surface area contributed by atoms with E-state index in [0.717, 1.165) is 5.69 Å². The second-order valence-electron chi connectivity index (χ2n) is 9.94. The summed E-state index contributed by atoms with van der Waals surface area (Å²) in [6.45, 7) is 0. The molecule has 2 aromatic carbocycles. The molecule has 7 N–H and O–H groups in total. The van der Waals surface area contributed by atoms with Gasteiger partial charge in [-0.2, -0.15) is 0 Å². The van der Waals surface area contributed by atoms with Crippen LogP contribution < -0.4 is 11.1 Å². The lowest BCUT2D eigenvalue weighted by atomic mass is 9.57. The van der Waals surface area contributed by atoms with Gasteiger partial charge >= 0.3 is 0 Å². The zero-order chi connectivity index (χ0) is 26.8. The van der Waals surface area contributed by atoms with Crippen LogP contribution in [-0.4, -0.2) is 68.5 Å². The molecule has 0 heterocycles. The molecule has 1 fully saturated rings. The monoisotopic (exact) mass is 505 g/mol. The molecule has 0 spiro atoms. The van der Waals surface area contributed by atoms with E-state index in [9.17, 15) is 34.8 Å². The molecule has 3 aliphatic carbocycles. The number of nitrogens with zero attached hydrogens (tertiary/aromatic N) is 1. The van der Waals surface area contributed by atoms with Gasteiger partial charge in [-0.25, -0.2) is 0 Å². The van der Waals surface area contributed by atoms with Crippen LogP contribution in [0.3, 0.4) is 0 Å². The molecule has 10 heteroatoms. The first-order valence-corrected chi connectivity index (χ1v) is 11.8. The number of phenolic OH excluding ortho intramolecular Hbond substituents is 1. The third kappa shape index (κ3) is 3.44. The maximum Gasteiger partial charge on any atom is 0.255 e. The topological polar surface area (TPSA) is 173 Å². The van der Waals surface area contributed by atoms with E-state index in [-0.39, 0.29) is 29.7 Å². The Labute approximate surface area is 212 Å². The van der Waals surface area contributed by atoms with Crippen LogP contribution in [0, 0.1) is 11.8 Å². The van der Waals surface area contributed by atoms with Gasteiger partial charge in [-0.05, 0) is 62.7 Å². The molecule has 10 nitrogen and oxygen atoms in total. The summed E-state index contributed by atoms with van der Waals surface area (Å²) in [6.07, 6.45) is 0.240. The van der Waals surface area contributed by atoms with Crippen LogP contribution in [0.4, 0.5) is 11.4 Å². The largest absolute Gasteiger partial charge is 0.508 e. The van der Waals surface area contributed by atoms with E-state index >= 15 is 0 Å². The lowest BCUT2D eigenvalue weighted by Gasteiger charge is -2.50. The quantitative estimate of drug-likeness (QED) is 0.267. The summed E-state index contributed by atoms with van der Waals surface area (Å²) in [6, 6.07) is 11.2. The molecule has 192 valence electrons. The van der Waals surface area contributed by atoms with Gasteiger partial charge in [0.25, 0.3) is 5.91 Å². The first-order valence-electron chi connectivity index (χ1n) is 11.8. The minimum atomic E-state index is -2.65. The van der Waals surface area contributed by atoms with Crippen LogP contribution in [0.15, 0.2) is 59.4 Å². The number of Topliss-reactive ketones (excluding diaryl/α,β-unsaturated/α-hetero) is 2. The van der Waals surface area contributed by atoms with Gasteiger partial charge in [0.15, 0.2) is 11.4 Å². The van der Waals surface area contributed by atoms with Gasteiger partial charge in [0.1, 0.15) is 22.8 Å². The Hall–Kier alpha value is -4.15. The lowest BCUT2D eigenvalue weighted by molar-refractivity contribution is -0.153. The summed E-state index contributed by atoms with van der Waals surface area (Å²) in [5.74, 6) is -6.73. The van der Waals surface area contributed by atoms with Gasteiger partial charge < -0.3 is 31.5 Å². The van der Waals surface area contributed by atoms with E-state index in [1.807, 2.05) is 30.3 Å². The molecular weight excluding hydrogens is 478 g/mol. The molecule has 0 bridgehead atoms. The van der Waals surface area contributed by atoms with Crippen LogP contribution in [-0.2, 0) is 20.8 Å².